The Labute approximate surface area is 106 Å². The Kier molecular flexibility index (Phi) is 3.66. The highest BCUT2D eigenvalue weighted by Gasteiger charge is 2.29. The summed E-state index contributed by atoms with van der Waals surface area (Å²) in [4.78, 5) is 12.0. The summed E-state index contributed by atoms with van der Waals surface area (Å²) in [6.45, 7) is 4.44. The van der Waals surface area contributed by atoms with E-state index in [9.17, 15) is 9.18 Å². The number of hydrogen-bond donors (Lipinski definition) is 1. The average molecular weight is 251 g/mol. The van der Waals surface area contributed by atoms with Crippen LogP contribution in [0, 0.1) is 5.82 Å². The molecule has 0 spiro atoms. The fourth-order valence-corrected chi connectivity index (χ4v) is 2.11. The number of carbonyl (C=O) groups is 1. The standard InChI is InChI=1S/C14H18FNO2/c1-14(2,10-5-7-11(15)8-6-10)16-13(17)12-4-3-9-18-12/h5-8,12H,3-4,9H2,1-2H3,(H,16,17). The molecule has 1 heterocycles. The Morgan fingerprint density at radius 3 is 2.61 bits per heavy atom. The molecule has 0 saturated carbocycles. The maximum atomic E-state index is 12.9. The first-order valence-electron chi connectivity index (χ1n) is 6.19. The zero-order valence-corrected chi connectivity index (χ0v) is 10.7. The monoisotopic (exact) mass is 251 g/mol. The number of ether oxygens (including phenoxy) is 1. The van der Waals surface area contributed by atoms with Gasteiger partial charge in [0.1, 0.15) is 11.9 Å². The van der Waals surface area contributed by atoms with Crippen molar-refractivity contribution in [2.45, 2.75) is 38.3 Å². The Balaban J connectivity index is 2.06. The third-order valence-electron chi connectivity index (χ3n) is 3.22. The van der Waals surface area contributed by atoms with E-state index in [4.69, 9.17) is 4.74 Å². The zero-order valence-electron chi connectivity index (χ0n) is 10.7. The van der Waals surface area contributed by atoms with Gasteiger partial charge in [-0.3, -0.25) is 4.79 Å². The Bertz CT molecular complexity index is 422. The molecule has 1 unspecified atom stereocenters. The molecule has 4 heteroatoms. The smallest absolute Gasteiger partial charge is 0.249 e. The Morgan fingerprint density at radius 1 is 1.39 bits per heavy atom. The van der Waals surface area contributed by atoms with Crippen LogP contribution in [0.2, 0.25) is 0 Å². The highest BCUT2D eigenvalue weighted by Crippen LogP contribution is 2.22. The topological polar surface area (TPSA) is 38.3 Å². The van der Waals surface area contributed by atoms with E-state index in [1.807, 2.05) is 13.8 Å². The summed E-state index contributed by atoms with van der Waals surface area (Å²) in [5.74, 6) is -0.373. The van der Waals surface area contributed by atoms with Gasteiger partial charge in [-0.25, -0.2) is 4.39 Å². The average Bonchev–Trinajstić information content (AvgIpc) is 2.82. The number of benzene rings is 1. The second-order valence-electron chi connectivity index (χ2n) is 5.12. The van der Waals surface area contributed by atoms with Gasteiger partial charge in [-0.15, -0.1) is 0 Å². The molecule has 1 aromatic carbocycles. The molecule has 98 valence electrons. The van der Waals surface area contributed by atoms with Crippen molar-refractivity contribution in [2.24, 2.45) is 0 Å². The number of hydrogen-bond acceptors (Lipinski definition) is 2. The van der Waals surface area contributed by atoms with Crippen LogP contribution >= 0.6 is 0 Å². The summed E-state index contributed by atoms with van der Waals surface area (Å²) < 4.78 is 18.2. The van der Waals surface area contributed by atoms with Gasteiger partial charge in [0.2, 0.25) is 5.91 Å². The van der Waals surface area contributed by atoms with Gasteiger partial charge in [-0.1, -0.05) is 12.1 Å². The quantitative estimate of drug-likeness (QED) is 0.895. The Hall–Kier alpha value is -1.42. The summed E-state index contributed by atoms with van der Waals surface area (Å²) in [6, 6.07) is 6.17. The predicted octanol–water partition coefficient (Wildman–Crippen LogP) is 2.36. The maximum absolute atomic E-state index is 12.9. The second kappa shape index (κ2) is 5.06. The van der Waals surface area contributed by atoms with Crippen molar-refractivity contribution < 1.29 is 13.9 Å². The first-order valence-corrected chi connectivity index (χ1v) is 6.19. The predicted molar refractivity (Wildman–Crippen MR) is 66.5 cm³/mol. The number of carbonyl (C=O) groups excluding carboxylic acids is 1. The summed E-state index contributed by atoms with van der Waals surface area (Å²) >= 11 is 0. The molecule has 1 atom stereocenters. The normalized spacial score (nSPS) is 19.8. The largest absolute Gasteiger partial charge is 0.368 e. The third kappa shape index (κ3) is 2.88. The van der Waals surface area contributed by atoms with E-state index >= 15 is 0 Å². The molecular formula is C14H18FNO2. The van der Waals surface area contributed by atoms with Crippen molar-refractivity contribution in [1.29, 1.82) is 0 Å². The molecule has 1 aliphatic rings. The molecule has 1 N–H and O–H groups in total. The van der Waals surface area contributed by atoms with Crippen molar-refractivity contribution in [3.8, 4) is 0 Å². The highest BCUT2D eigenvalue weighted by molar-refractivity contribution is 5.81. The van der Waals surface area contributed by atoms with Crippen LogP contribution < -0.4 is 5.32 Å². The van der Waals surface area contributed by atoms with Crippen molar-refractivity contribution >= 4 is 5.91 Å². The van der Waals surface area contributed by atoms with Crippen LogP contribution in [-0.2, 0) is 15.1 Å². The number of amides is 1. The second-order valence-corrected chi connectivity index (χ2v) is 5.12. The molecule has 0 aromatic heterocycles. The van der Waals surface area contributed by atoms with Gasteiger partial charge in [-0.05, 0) is 44.4 Å². The summed E-state index contributed by atoms with van der Waals surface area (Å²) in [5.41, 5.74) is 0.340. The van der Waals surface area contributed by atoms with Gasteiger partial charge in [0.05, 0.1) is 5.54 Å². The molecule has 0 radical (unpaired) electrons. The lowest BCUT2D eigenvalue weighted by molar-refractivity contribution is -0.131. The first kappa shape index (κ1) is 13.0. The van der Waals surface area contributed by atoms with Crippen LogP contribution in [0.1, 0.15) is 32.3 Å². The van der Waals surface area contributed by atoms with Crippen molar-refractivity contribution in [1.82, 2.24) is 5.32 Å². The van der Waals surface area contributed by atoms with Crippen LogP contribution in [-0.4, -0.2) is 18.6 Å². The van der Waals surface area contributed by atoms with E-state index in [1.54, 1.807) is 12.1 Å². The van der Waals surface area contributed by atoms with Gasteiger partial charge in [0.25, 0.3) is 0 Å². The minimum absolute atomic E-state index is 0.0955. The molecule has 3 nitrogen and oxygen atoms in total. The van der Waals surface area contributed by atoms with E-state index in [2.05, 4.69) is 5.32 Å². The summed E-state index contributed by atoms with van der Waals surface area (Å²) in [7, 11) is 0. The van der Waals surface area contributed by atoms with Crippen LogP contribution in [0.4, 0.5) is 4.39 Å². The molecule has 1 aromatic rings. The number of nitrogens with one attached hydrogen (secondary N) is 1. The molecule has 18 heavy (non-hydrogen) atoms. The van der Waals surface area contributed by atoms with Crippen LogP contribution in [0.15, 0.2) is 24.3 Å². The van der Waals surface area contributed by atoms with E-state index in [0.29, 0.717) is 6.61 Å². The van der Waals surface area contributed by atoms with Gasteiger partial charge < -0.3 is 10.1 Å². The van der Waals surface area contributed by atoms with Crippen LogP contribution in [0.5, 0.6) is 0 Å². The van der Waals surface area contributed by atoms with Crippen LogP contribution in [0.25, 0.3) is 0 Å². The third-order valence-corrected chi connectivity index (χ3v) is 3.22. The minimum Gasteiger partial charge on any atom is -0.368 e. The molecule has 1 saturated heterocycles. The van der Waals surface area contributed by atoms with E-state index in [-0.39, 0.29) is 17.8 Å². The number of halogens is 1. The molecule has 0 aliphatic carbocycles. The lowest BCUT2D eigenvalue weighted by Crippen LogP contribution is -2.45. The summed E-state index contributed by atoms with van der Waals surface area (Å²) in [6.07, 6.45) is 1.35. The fourth-order valence-electron chi connectivity index (χ4n) is 2.11. The van der Waals surface area contributed by atoms with Crippen molar-refractivity contribution in [3.63, 3.8) is 0 Å². The lowest BCUT2D eigenvalue weighted by atomic mass is 9.94. The number of rotatable bonds is 3. The highest BCUT2D eigenvalue weighted by atomic mass is 19.1. The van der Waals surface area contributed by atoms with Crippen molar-refractivity contribution in [2.75, 3.05) is 6.61 Å². The van der Waals surface area contributed by atoms with Gasteiger partial charge in [0.15, 0.2) is 0 Å². The minimum atomic E-state index is -0.531. The molecule has 1 aliphatic heterocycles. The van der Waals surface area contributed by atoms with Crippen LogP contribution in [0.3, 0.4) is 0 Å². The molecule has 0 bridgehead atoms. The van der Waals surface area contributed by atoms with Gasteiger partial charge in [-0.2, -0.15) is 0 Å². The first-order chi connectivity index (χ1) is 8.49. The fraction of sp³-hybridized carbons (Fsp3) is 0.500. The zero-order chi connectivity index (χ0) is 13.2. The molecule has 1 fully saturated rings. The van der Waals surface area contributed by atoms with E-state index < -0.39 is 5.54 Å². The van der Waals surface area contributed by atoms with Crippen molar-refractivity contribution in [3.05, 3.63) is 35.6 Å². The van der Waals surface area contributed by atoms with Gasteiger partial charge >= 0.3 is 0 Å². The summed E-state index contributed by atoms with van der Waals surface area (Å²) in [5, 5.41) is 2.95. The van der Waals surface area contributed by atoms with E-state index in [0.717, 1.165) is 18.4 Å². The SMILES string of the molecule is CC(C)(NC(=O)C1CCCO1)c1ccc(F)cc1. The van der Waals surface area contributed by atoms with E-state index in [1.165, 1.54) is 12.1 Å². The molecule has 2 rings (SSSR count). The lowest BCUT2D eigenvalue weighted by Gasteiger charge is -2.28. The molecule has 1 amide bonds. The maximum Gasteiger partial charge on any atom is 0.249 e. The Morgan fingerprint density at radius 2 is 2.06 bits per heavy atom. The van der Waals surface area contributed by atoms with Gasteiger partial charge in [0, 0.05) is 6.61 Å². The molecular weight excluding hydrogens is 233 g/mol.